The lowest BCUT2D eigenvalue weighted by molar-refractivity contribution is -0.308. The highest BCUT2D eigenvalue weighted by Gasteiger charge is 2.57. The predicted octanol–water partition coefficient (Wildman–Crippen LogP) is 5.96. The number of benzene rings is 4. The van der Waals surface area contributed by atoms with Crippen molar-refractivity contribution in [3.8, 4) is 5.75 Å². The summed E-state index contributed by atoms with van der Waals surface area (Å²) in [6.07, 6.45) is -4.70. The molecule has 1 saturated heterocycles. The third-order valence-electron chi connectivity index (χ3n) is 8.94. The summed E-state index contributed by atoms with van der Waals surface area (Å²) in [5.74, 6) is -0.322. The SMILES string of the molecule is COc1ccc(CO[C@@H]2C(OC(C)=O)O[C@@H](COC(C)=O)[C@H](O[Si](c3ccccc3)(c3ccccc3)C(C)(C)C)[C@H]2OCc2ccccc2)cc1. The minimum Gasteiger partial charge on any atom is -0.497 e. The molecule has 9 nitrogen and oxygen atoms in total. The van der Waals surface area contributed by atoms with Crippen molar-refractivity contribution in [2.24, 2.45) is 0 Å². The van der Waals surface area contributed by atoms with Crippen LogP contribution in [-0.2, 0) is 50.9 Å². The van der Waals surface area contributed by atoms with Crippen molar-refractivity contribution in [1.82, 2.24) is 0 Å². The maximum absolute atomic E-state index is 12.6. The summed E-state index contributed by atoms with van der Waals surface area (Å²) in [5.41, 5.74) is 1.80. The molecule has 1 heterocycles. The lowest BCUT2D eigenvalue weighted by atomic mass is 9.98. The van der Waals surface area contributed by atoms with E-state index in [1.165, 1.54) is 13.8 Å². The zero-order valence-corrected chi connectivity index (χ0v) is 31.2. The molecule has 5 rings (SSSR count). The van der Waals surface area contributed by atoms with Gasteiger partial charge in [0.2, 0.25) is 6.29 Å². The normalized spacial score (nSPS) is 20.7. The number of esters is 2. The molecule has 0 aliphatic carbocycles. The fraction of sp³-hybridized carbons (Fsp3) is 0.366. The molecule has 1 aliphatic heterocycles. The Morgan fingerprint density at radius 3 is 1.67 bits per heavy atom. The maximum atomic E-state index is 12.6. The van der Waals surface area contributed by atoms with E-state index in [4.69, 9.17) is 32.8 Å². The van der Waals surface area contributed by atoms with Crippen LogP contribution in [0, 0.1) is 0 Å². The maximum Gasteiger partial charge on any atom is 0.305 e. The number of hydrogen-bond acceptors (Lipinski definition) is 9. The van der Waals surface area contributed by atoms with Crippen molar-refractivity contribution in [1.29, 1.82) is 0 Å². The van der Waals surface area contributed by atoms with Gasteiger partial charge in [-0.1, -0.05) is 124 Å². The summed E-state index contributed by atoms with van der Waals surface area (Å²) in [7, 11) is -1.63. The van der Waals surface area contributed by atoms with Crippen molar-refractivity contribution in [3.05, 3.63) is 126 Å². The minimum absolute atomic E-state index is 0.154. The molecule has 270 valence electrons. The Hall–Kier alpha value is -4.32. The molecule has 1 fully saturated rings. The quantitative estimate of drug-likeness (QED) is 0.116. The zero-order chi connectivity index (χ0) is 36.4. The van der Waals surface area contributed by atoms with Crippen LogP contribution >= 0.6 is 0 Å². The first-order valence-electron chi connectivity index (χ1n) is 17.2. The number of hydrogen-bond donors (Lipinski definition) is 0. The zero-order valence-electron chi connectivity index (χ0n) is 30.2. The lowest BCUT2D eigenvalue weighted by Crippen LogP contribution is -2.72. The van der Waals surface area contributed by atoms with Gasteiger partial charge in [-0.05, 0) is 38.7 Å². The van der Waals surface area contributed by atoms with Gasteiger partial charge < -0.3 is 32.8 Å². The Kier molecular flexibility index (Phi) is 12.8. The van der Waals surface area contributed by atoms with Gasteiger partial charge in [-0.2, -0.15) is 0 Å². The summed E-state index contributed by atoms with van der Waals surface area (Å²) in [6.45, 7) is 9.41. The monoisotopic (exact) mass is 712 g/mol. The molecule has 51 heavy (non-hydrogen) atoms. The Morgan fingerprint density at radius 1 is 0.667 bits per heavy atom. The van der Waals surface area contributed by atoms with Crippen LogP contribution < -0.4 is 15.1 Å². The molecule has 0 aromatic heterocycles. The molecule has 10 heteroatoms. The van der Waals surface area contributed by atoms with E-state index in [1.54, 1.807) is 7.11 Å². The Labute approximate surface area is 301 Å². The van der Waals surface area contributed by atoms with Gasteiger partial charge in [0.05, 0.1) is 20.3 Å². The van der Waals surface area contributed by atoms with E-state index in [9.17, 15) is 9.59 Å². The van der Waals surface area contributed by atoms with Crippen molar-refractivity contribution in [2.75, 3.05) is 13.7 Å². The number of methoxy groups -OCH3 is 1. The highest BCUT2D eigenvalue weighted by Crippen LogP contribution is 2.41. The summed E-state index contributed by atoms with van der Waals surface area (Å²) < 4.78 is 44.5. The van der Waals surface area contributed by atoms with Gasteiger partial charge in [0.15, 0.2) is 0 Å². The number of carbonyl (C=O) groups is 2. The van der Waals surface area contributed by atoms with E-state index in [2.05, 4.69) is 45.0 Å². The average molecular weight is 713 g/mol. The molecular formula is C41H48O9Si. The molecule has 0 saturated carbocycles. The Bertz CT molecular complexity index is 1640. The van der Waals surface area contributed by atoms with E-state index in [1.807, 2.05) is 91.0 Å². The summed E-state index contributed by atoms with van der Waals surface area (Å²) in [5, 5.41) is 1.70. The van der Waals surface area contributed by atoms with E-state index in [0.717, 1.165) is 21.5 Å². The molecule has 1 aliphatic rings. The van der Waals surface area contributed by atoms with Crippen LogP contribution in [0.1, 0.15) is 45.7 Å². The van der Waals surface area contributed by atoms with Crippen LogP contribution in [0.4, 0.5) is 0 Å². The lowest BCUT2D eigenvalue weighted by Gasteiger charge is -2.51. The number of carbonyl (C=O) groups excluding carboxylic acids is 2. The van der Waals surface area contributed by atoms with Crippen LogP contribution in [0.15, 0.2) is 115 Å². The van der Waals surface area contributed by atoms with Crippen LogP contribution in [-0.4, -0.2) is 64.7 Å². The Balaban J connectivity index is 1.66. The largest absolute Gasteiger partial charge is 0.497 e. The fourth-order valence-electron chi connectivity index (χ4n) is 6.55. The highest BCUT2D eigenvalue weighted by molar-refractivity contribution is 6.99. The second-order valence-electron chi connectivity index (χ2n) is 13.6. The number of rotatable bonds is 14. The Morgan fingerprint density at radius 2 is 1.18 bits per heavy atom. The van der Waals surface area contributed by atoms with E-state index in [0.29, 0.717) is 5.75 Å². The molecule has 0 radical (unpaired) electrons. The smallest absolute Gasteiger partial charge is 0.305 e. The third-order valence-corrected chi connectivity index (χ3v) is 14.0. The van der Waals surface area contributed by atoms with Gasteiger partial charge in [0.1, 0.15) is 36.8 Å². The van der Waals surface area contributed by atoms with Gasteiger partial charge in [-0.25, -0.2) is 0 Å². The first-order chi connectivity index (χ1) is 24.5. The molecule has 0 N–H and O–H groups in total. The van der Waals surface area contributed by atoms with Gasteiger partial charge in [-0.15, -0.1) is 0 Å². The number of ether oxygens (including phenoxy) is 6. The first kappa shape index (κ1) is 37.9. The molecule has 4 aromatic rings. The van der Waals surface area contributed by atoms with Crippen LogP contribution in [0.5, 0.6) is 5.75 Å². The van der Waals surface area contributed by atoms with E-state index >= 15 is 0 Å². The summed E-state index contributed by atoms with van der Waals surface area (Å²) in [4.78, 5) is 24.8. The topological polar surface area (TPSA) is 98.8 Å². The second-order valence-corrected chi connectivity index (χ2v) is 17.8. The summed E-state index contributed by atoms with van der Waals surface area (Å²) >= 11 is 0. The molecule has 0 amide bonds. The van der Waals surface area contributed by atoms with E-state index < -0.39 is 56.0 Å². The molecular weight excluding hydrogens is 665 g/mol. The molecule has 4 aromatic carbocycles. The fourth-order valence-corrected chi connectivity index (χ4v) is 11.3. The molecule has 1 unspecified atom stereocenters. The van der Waals surface area contributed by atoms with Crippen molar-refractivity contribution >= 4 is 30.6 Å². The third kappa shape index (κ3) is 9.32. The predicted molar refractivity (Wildman–Crippen MR) is 196 cm³/mol. The average Bonchev–Trinajstić information content (AvgIpc) is 3.12. The van der Waals surface area contributed by atoms with Crippen LogP contribution in [0.3, 0.4) is 0 Å². The van der Waals surface area contributed by atoms with E-state index in [-0.39, 0.29) is 19.8 Å². The van der Waals surface area contributed by atoms with Crippen molar-refractivity contribution in [2.45, 2.75) is 83.6 Å². The van der Waals surface area contributed by atoms with Gasteiger partial charge in [0, 0.05) is 13.8 Å². The van der Waals surface area contributed by atoms with Crippen molar-refractivity contribution in [3.63, 3.8) is 0 Å². The summed E-state index contributed by atoms with van der Waals surface area (Å²) in [6, 6.07) is 37.8. The van der Waals surface area contributed by atoms with Crippen LogP contribution in [0.25, 0.3) is 0 Å². The van der Waals surface area contributed by atoms with Gasteiger partial charge >= 0.3 is 11.9 Å². The second kappa shape index (κ2) is 17.3. The molecule has 5 atom stereocenters. The highest BCUT2D eigenvalue weighted by atomic mass is 28.4. The molecule has 0 spiro atoms. The van der Waals surface area contributed by atoms with Crippen molar-refractivity contribution < 1.29 is 42.4 Å². The molecule has 0 bridgehead atoms. The van der Waals surface area contributed by atoms with Gasteiger partial charge in [0.25, 0.3) is 8.32 Å². The standard InChI is InChI=1S/C41H48O9Si/c1-29(42)45-28-36-37(50-51(41(3,4)5,34-18-12-8-13-19-34)35-20-14-9-15-21-35)38(46-26-31-16-10-7-11-17-31)39(40(49-36)48-30(2)43)47-27-32-22-24-33(44-6)25-23-32/h7-25,36-40H,26-28H2,1-6H3/t36-,37-,38+,39-,40?/m0/s1. The first-order valence-corrected chi connectivity index (χ1v) is 19.1. The van der Waals surface area contributed by atoms with Gasteiger partial charge in [-0.3, -0.25) is 9.59 Å². The van der Waals surface area contributed by atoms with Crippen LogP contribution in [0.2, 0.25) is 5.04 Å². The minimum atomic E-state index is -3.24.